The third kappa shape index (κ3) is 4.02. The predicted molar refractivity (Wildman–Crippen MR) is 75.5 cm³/mol. The van der Waals surface area contributed by atoms with Gasteiger partial charge in [-0.05, 0) is 33.2 Å². The summed E-state index contributed by atoms with van der Waals surface area (Å²) in [5.41, 5.74) is 6.68. The van der Waals surface area contributed by atoms with Crippen LogP contribution >= 0.6 is 0 Å². The number of sulfonamides is 1. The van der Waals surface area contributed by atoms with Crippen LogP contribution < -0.4 is 10.5 Å². The number of aryl methyl sites for hydroxylation is 2. The van der Waals surface area contributed by atoms with Crippen molar-refractivity contribution in [2.75, 3.05) is 13.1 Å². The Bertz CT molecular complexity index is 508. The summed E-state index contributed by atoms with van der Waals surface area (Å²) < 4.78 is 28.8. The van der Waals surface area contributed by atoms with E-state index in [1.54, 1.807) is 18.5 Å². The summed E-state index contributed by atoms with van der Waals surface area (Å²) in [6.07, 6.45) is 2.57. The fourth-order valence-electron chi connectivity index (χ4n) is 1.98. The van der Waals surface area contributed by atoms with Crippen LogP contribution in [0.5, 0.6) is 0 Å². The van der Waals surface area contributed by atoms with Crippen molar-refractivity contribution in [1.29, 1.82) is 0 Å². The standard InChI is InChI=1S/C12H24N4O2S/c1-4-5-8-14-19(17,18)12-10(2)15-16(11(12)3)9-6-7-13/h14H,4-9,13H2,1-3H3. The van der Waals surface area contributed by atoms with E-state index >= 15 is 0 Å². The molecule has 1 aromatic heterocycles. The smallest absolute Gasteiger partial charge is 0.244 e. The average Bonchev–Trinajstić information content (AvgIpc) is 2.62. The molecule has 1 heterocycles. The quantitative estimate of drug-likeness (QED) is 0.696. The van der Waals surface area contributed by atoms with Gasteiger partial charge in [-0.1, -0.05) is 13.3 Å². The van der Waals surface area contributed by atoms with Crippen molar-refractivity contribution < 1.29 is 8.42 Å². The fraction of sp³-hybridized carbons (Fsp3) is 0.750. The highest BCUT2D eigenvalue weighted by molar-refractivity contribution is 7.89. The molecule has 0 spiro atoms. The van der Waals surface area contributed by atoms with Gasteiger partial charge >= 0.3 is 0 Å². The predicted octanol–water partition coefficient (Wildman–Crippen LogP) is 0.927. The van der Waals surface area contributed by atoms with Crippen LogP contribution in [-0.2, 0) is 16.6 Å². The Morgan fingerprint density at radius 3 is 2.58 bits per heavy atom. The minimum atomic E-state index is -3.46. The van der Waals surface area contributed by atoms with Crippen molar-refractivity contribution in [3.8, 4) is 0 Å². The topological polar surface area (TPSA) is 90.0 Å². The van der Waals surface area contributed by atoms with Crippen LogP contribution in [0.3, 0.4) is 0 Å². The number of nitrogens with two attached hydrogens (primary N) is 1. The van der Waals surface area contributed by atoms with Crippen molar-refractivity contribution in [2.45, 2.75) is 51.5 Å². The van der Waals surface area contributed by atoms with E-state index < -0.39 is 10.0 Å². The van der Waals surface area contributed by atoms with Crippen molar-refractivity contribution in [3.05, 3.63) is 11.4 Å². The van der Waals surface area contributed by atoms with E-state index in [4.69, 9.17) is 5.73 Å². The molecular weight excluding hydrogens is 264 g/mol. The number of rotatable bonds is 8. The molecule has 0 amide bonds. The summed E-state index contributed by atoms with van der Waals surface area (Å²) in [4.78, 5) is 0.306. The lowest BCUT2D eigenvalue weighted by molar-refractivity contribution is 0.562. The molecule has 3 N–H and O–H groups in total. The first kappa shape index (κ1) is 16.1. The second-order valence-electron chi connectivity index (χ2n) is 4.62. The summed E-state index contributed by atoms with van der Waals surface area (Å²) in [5, 5.41) is 4.28. The van der Waals surface area contributed by atoms with Gasteiger partial charge in [-0.25, -0.2) is 13.1 Å². The molecule has 1 aromatic rings. The molecule has 1 rings (SSSR count). The van der Waals surface area contributed by atoms with Gasteiger partial charge in [0, 0.05) is 13.1 Å². The monoisotopic (exact) mass is 288 g/mol. The SMILES string of the molecule is CCCCNS(=O)(=O)c1c(C)nn(CCCN)c1C. The molecule has 0 fully saturated rings. The number of aromatic nitrogens is 2. The van der Waals surface area contributed by atoms with Crippen molar-refractivity contribution in [1.82, 2.24) is 14.5 Å². The Balaban J connectivity index is 2.96. The minimum Gasteiger partial charge on any atom is -0.330 e. The van der Waals surface area contributed by atoms with Gasteiger partial charge in [0.25, 0.3) is 0 Å². The van der Waals surface area contributed by atoms with E-state index in [9.17, 15) is 8.42 Å². The molecule has 7 heteroatoms. The Labute approximate surface area is 115 Å². The highest BCUT2D eigenvalue weighted by atomic mass is 32.2. The second kappa shape index (κ2) is 7.02. The molecule has 0 bridgehead atoms. The molecule has 6 nitrogen and oxygen atoms in total. The van der Waals surface area contributed by atoms with E-state index in [2.05, 4.69) is 9.82 Å². The Morgan fingerprint density at radius 1 is 1.32 bits per heavy atom. The molecule has 0 saturated carbocycles. The molecule has 0 aliphatic carbocycles. The van der Waals surface area contributed by atoms with Gasteiger partial charge in [0.15, 0.2) is 0 Å². The summed E-state index contributed by atoms with van der Waals surface area (Å²) >= 11 is 0. The number of hydrogen-bond acceptors (Lipinski definition) is 4. The third-order valence-electron chi connectivity index (χ3n) is 2.98. The number of unbranched alkanes of at least 4 members (excludes halogenated alkanes) is 1. The maximum absolute atomic E-state index is 12.2. The largest absolute Gasteiger partial charge is 0.330 e. The van der Waals surface area contributed by atoms with Crippen LogP contribution in [0.25, 0.3) is 0 Å². The van der Waals surface area contributed by atoms with E-state index in [1.807, 2.05) is 6.92 Å². The summed E-state index contributed by atoms with van der Waals surface area (Å²) in [6, 6.07) is 0. The van der Waals surface area contributed by atoms with Gasteiger partial charge in [-0.2, -0.15) is 5.10 Å². The van der Waals surface area contributed by atoms with Crippen LogP contribution in [0.2, 0.25) is 0 Å². The first-order valence-electron chi connectivity index (χ1n) is 6.67. The van der Waals surface area contributed by atoms with Crippen LogP contribution in [-0.4, -0.2) is 31.3 Å². The normalized spacial score (nSPS) is 12.0. The summed E-state index contributed by atoms with van der Waals surface area (Å²) in [5.74, 6) is 0. The Kier molecular flexibility index (Phi) is 5.96. The lowest BCUT2D eigenvalue weighted by Crippen LogP contribution is -2.25. The molecule has 110 valence electrons. The zero-order valence-electron chi connectivity index (χ0n) is 11.9. The molecular formula is C12H24N4O2S. The van der Waals surface area contributed by atoms with Gasteiger partial charge in [-0.15, -0.1) is 0 Å². The zero-order chi connectivity index (χ0) is 14.5. The lowest BCUT2D eigenvalue weighted by atomic mass is 10.3. The number of nitrogens with one attached hydrogen (secondary N) is 1. The molecule has 0 unspecified atom stereocenters. The Morgan fingerprint density at radius 2 is 2.00 bits per heavy atom. The van der Waals surface area contributed by atoms with Crippen LogP contribution in [0, 0.1) is 13.8 Å². The van der Waals surface area contributed by atoms with Gasteiger partial charge in [0.05, 0.1) is 11.4 Å². The molecule has 0 aliphatic rings. The van der Waals surface area contributed by atoms with Crippen molar-refractivity contribution in [2.24, 2.45) is 5.73 Å². The molecule has 0 radical (unpaired) electrons. The highest BCUT2D eigenvalue weighted by Gasteiger charge is 2.23. The zero-order valence-corrected chi connectivity index (χ0v) is 12.8. The Hall–Kier alpha value is -0.920. The van der Waals surface area contributed by atoms with Gasteiger partial charge in [-0.3, -0.25) is 4.68 Å². The number of hydrogen-bond donors (Lipinski definition) is 2. The van der Waals surface area contributed by atoms with Gasteiger partial charge < -0.3 is 5.73 Å². The van der Waals surface area contributed by atoms with Crippen LogP contribution in [0.15, 0.2) is 4.90 Å². The first-order valence-corrected chi connectivity index (χ1v) is 8.16. The van der Waals surface area contributed by atoms with E-state index in [1.165, 1.54) is 0 Å². The molecule has 0 saturated heterocycles. The molecule has 0 atom stereocenters. The van der Waals surface area contributed by atoms with Gasteiger partial charge in [0.2, 0.25) is 10.0 Å². The van der Waals surface area contributed by atoms with E-state index in [0.717, 1.165) is 19.3 Å². The average molecular weight is 288 g/mol. The lowest BCUT2D eigenvalue weighted by Gasteiger charge is -2.07. The number of nitrogens with zero attached hydrogens (tertiary/aromatic N) is 2. The maximum Gasteiger partial charge on any atom is 0.244 e. The first-order chi connectivity index (χ1) is 8.94. The van der Waals surface area contributed by atoms with Gasteiger partial charge in [0.1, 0.15) is 4.90 Å². The van der Waals surface area contributed by atoms with Crippen LogP contribution in [0.4, 0.5) is 0 Å². The highest BCUT2D eigenvalue weighted by Crippen LogP contribution is 2.19. The van der Waals surface area contributed by atoms with Crippen LogP contribution in [0.1, 0.15) is 37.6 Å². The minimum absolute atomic E-state index is 0.306. The summed E-state index contributed by atoms with van der Waals surface area (Å²) in [6.45, 7) is 7.20. The second-order valence-corrected chi connectivity index (χ2v) is 6.32. The molecule has 0 aliphatic heterocycles. The van der Waals surface area contributed by atoms with Crippen molar-refractivity contribution in [3.63, 3.8) is 0 Å². The fourth-order valence-corrected chi connectivity index (χ4v) is 3.47. The third-order valence-corrected chi connectivity index (χ3v) is 4.69. The van der Waals surface area contributed by atoms with Crippen molar-refractivity contribution >= 4 is 10.0 Å². The van der Waals surface area contributed by atoms with E-state index in [-0.39, 0.29) is 0 Å². The van der Waals surface area contributed by atoms with E-state index in [0.29, 0.717) is 35.9 Å². The maximum atomic E-state index is 12.2. The molecule has 19 heavy (non-hydrogen) atoms. The summed E-state index contributed by atoms with van der Waals surface area (Å²) in [7, 11) is -3.46. The molecule has 0 aromatic carbocycles.